The molecule has 0 bridgehead atoms. The molecule has 2 aromatic heterocycles. The summed E-state index contributed by atoms with van der Waals surface area (Å²) in [5.41, 5.74) is 4.16. The molecule has 0 N–H and O–H groups in total. The minimum absolute atomic E-state index is 0.594. The molecule has 1 aliphatic heterocycles. The van der Waals surface area contributed by atoms with E-state index in [9.17, 15) is 0 Å². The minimum atomic E-state index is 0.594. The highest BCUT2D eigenvalue weighted by Crippen LogP contribution is 2.34. The lowest BCUT2D eigenvalue weighted by molar-refractivity contribution is 0.171. The van der Waals surface area contributed by atoms with Crippen LogP contribution in [0.1, 0.15) is 11.4 Å². The predicted molar refractivity (Wildman–Crippen MR) is 78.9 cm³/mol. The highest BCUT2D eigenvalue weighted by Gasteiger charge is 2.13. The van der Waals surface area contributed by atoms with E-state index in [0.717, 1.165) is 39.7 Å². The average Bonchev–Trinajstić information content (AvgIpc) is 2.88. The smallest absolute Gasteiger partial charge is 0.161 e. The normalized spacial score (nSPS) is 13.6. The monoisotopic (exact) mass is 281 g/mol. The van der Waals surface area contributed by atoms with Gasteiger partial charge in [0.2, 0.25) is 0 Å². The van der Waals surface area contributed by atoms with Gasteiger partial charge in [0.1, 0.15) is 19.0 Å². The summed E-state index contributed by atoms with van der Waals surface area (Å²) in [7, 11) is 0. The number of benzene rings is 1. The van der Waals surface area contributed by atoms with Crippen molar-refractivity contribution in [2.45, 2.75) is 13.8 Å². The van der Waals surface area contributed by atoms with Crippen molar-refractivity contribution >= 4 is 5.65 Å². The van der Waals surface area contributed by atoms with Gasteiger partial charge in [-0.2, -0.15) is 5.10 Å². The first-order valence-corrected chi connectivity index (χ1v) is 6.94. The van der Waals surface area contributed by atoms with Gasteiger partial charge < -0.3 is 9.47 Å². The Morgan fingerprint density at radius 3 is 2.67 bits per heavy atom. The van der Waals surface area contributed by atoms with Crippen molar-refractivity contribution in [2.24, 2.45) is 0 Å². The number of rotatable bonds is 1. The highest BCUT2D eigenvalue weighted by atomic mass is 16.6. The molecule has 1 aliphatic rings. The summed E-state index contributed by atoms with van der Waals surface area (Å²) in [5.74, 6) is 2.38. The third-order valence-corrected chi connectivity index (χ3v) is 3.60. The van der Waals surface area contributed by atoms with E-state index in [2.05, 4.69) is 16.1 Å². The maximum absolute atomic E-state index is 5.65. The van der Waals surface area contributed by atoms with Crippen LogP contribution in [0.25, 0.3) is 16.8 Å². The lowest BCUT2D eigenvalue weighted by Gasteiger charge is -2.19. The zero-order valence-corrected chi connectivity index (χ0v) is 12.0. The standard InChI is InChI=1S/C16H15N3O2/c1-10-7-13(9-19-16(10)17-11(2)18-19)12-3-4-14-15(8-12)21-6-5-20-14/h3-4,7-9H,5-6H2,1-2H3. The van der Waals surface area contributed by atoms with E-state index in [4.69, 9.17) is 9.47 Å². The lowest BCUT2D eigenvalue weighted by atomic mass is 10.1. The van der Waals surface area contributed by atoms with Crippen molar-refractivity contribution in [1.82, 2.24) is 14.6 Å². The van der Waals surface area contributed by atoms with Gasteiger partial charge in [-0.1, -0.05) is 6.07 Å². The van der Waals surface area contributed by atoms with Crippen LogP contribution in [-0.4, -0.2) is 27.8 Å². The van der Waals surface area contributed by atoms with Crippen LogP contribution in [0, 0.1) is 13.8 Å². The van der Waals surface area contributed by atoms with Crippen molar-refractivity contribution in [3.63, 3.8) is 0 Å². The van der Waals surface area contributed by atoms with Crippen molar-refractivity contribution in [1.29, 1.82) is 0 Å². The van der Waals surface area contributed by atoms with Crippen LogP contribution >= 0.6 is 0 Å². The van der Waals surface area contributed by atoms with E-state index >= 15 is 0 Å². The Hall–Kier alpha value is -2.56. The predicted octanol–water partition coefficient (Wildman–Crippen LogP) is 2.78. The minimum Gasteiger partial charge on any atom is -0.486 e. The molecule has 106 valence electrons. The molecular formula is C16H15N3O2. The van der Waals surface area contributed by atoms with Gasteiger partial charge in [-0.15, -0.1) is 0 Å². The first-order valence-electron chi connectivity index (χ1n) is 6.94. The largest absolute Gasteiger partial charge is 0.486 e. The van der Waals surface area contributed by atoms with Crippen LogP contribution in [0.2, 0.25) is 0 Å². The van der Waals surface area contributed by atoms with E-state index in [0.29, 0.717) is 13.2 Å². The van der Waals surface area contributed by atoms with Gasteiger partial charge in [0, 0.05) is 11.8 Å². The van der Waals surface area contributed by atoms with Gasteiger partial charge in [-0.05, 0) is 43.2 Å². The summed E-state index contributed by atoms with van der Waals surface area (Å²) in [4.78, 5) is 4.42. The topological polar surface area (TPSA) is 48.7 Å². The summed E-state index contributed by atoms with van der Waals surface area (Å²) >= 11 is 0. The number of hydrogen-bond acceptors (Lipinski definition) is 4. The van der Waals surface area contributed by atoms with Crippen LogP contribution in [0.4, 0.5) is 0 Å². The molecule has 0 aliphatic carbocycles. The molecule has 0 spiro atoms. The number of nitrogens with zero attached hydrogens (tertiary/aromatic N) is 3. The van der Waals surface area contributed by atoms with Gasteiger partial charge >= 0.3 is 0 Å². The Kier molecular flexibility index (Phi) is 2.60. The second-order valence-corrected chi connectivity index (χ2v) is 5.20. The maximum Gasteiger partial charge on any atom is 0.161 e. The summed E-state index contributed by atoms with van der Waals surface area (Å²) in [5, 5.41) is 4.40. The molecule has 0 amide bonds. The van der Waals surface area contributed by atoms with E-state index in [1.807, 2.05) is 42.8 Å². The molecule has 0 saturated heterocycles. The molecule has 5 nitrogen and oxygen atoms in total. The first-order chi connectivity index (χ1) is 10.2. The van der Waals surface area contributed by atoms with Crippen LogP contribution in [0.5, 0.6) is 11.5 Å². The number of aryl methyl sites for hydroxylation is 2. The fraction of sp³-hybridized carbons (Fsp3) is 0.250. The SMILES string of the molecule is Cc1nc2c(C)cc(-c3ccc4c(c3)OCCO4)cn2n1. The van der Waals surface area contributed by atoms with Gasteiger partial charge in [-0.25, -0.2) is 9.50 Å². The quantitative estimate of drug-likeness (QED) is 0.688. The fourth-order valence-electron chi connectivity index (χ4n) is 2.64. The lowest BCUT2D eigenvalue weighted by Crippen LogP contribution is -2.15. The molecule has 0 atom stereocenters. The second kappa shape index (κ2) is 4.48. The Morgan fingerprint density at radius 1 is 1.00 bits per heavy atom. The molecule has 0 radical (unpaired) electrons. The summed E-state index contributed by atoms with van der Waals surface area (Å²) in [6.45, 7) is 5.15. The zero-order chi connectivity index (χ0) is 14.4. The average molecular weight is 281 g/mol. The van der Waals surface area contributed by atoms with Gasteiger partial charge in [-0.3, -0.25) is 0 Å². The molecule has 3 aromatic rings. The third kappa shape index (κ3) is 2.01. The summed E-state index contributed by atoms with van der Waals surface area (Å²) in [6.07, 6.45) is 1.99. The van der Waals surface area contributed by atoms with Crippen molar-refractivity contribution in [3.05, 3.63) is 41.9 Å². The number of pyridine rings is 1. The van der Waals surface area contributed by atoms with E-state index in [1.165, 1.54) is 0 Å². The van der Waals surface area contributed by atoms with E-state index < -0.39 is 0 Å². The Labute approximate surface area is 122 Å². The van der Waals surface area contributed by atoms with Gasteiger partial charge in [0.25, 0.3) is 0 Å². The fourth-order valence-corrected chi connectivity index (χ4v) is 2.64. The molecule has 0 fully saturated rings. The van der Waals surface area contributed by atoms with Crippen molar-refractivity contribution in [2.75, 3.05) is 13.2 Å². The van der Waals surface area contributed by atoms with Crippen molar-refractivity contribution < 1.29 is 9.47 Å². The van der Waals surface area contributed by atoms with Crippen LogP contribution in [0.15, 0.2) is 30.5 Å². The number of hydrogen-bond donors (Lipinski definition) is 0. The maximum atomic E-state index is 5.65. The van der Waals surface area contributed by atoms with Crippen LogP contribution in [0.3, 0.4) is 0 Å². The van der Waals surface area contributed by atoms with Crippen LogP contribution < -0.4 is 9.47 Å². The Morgan fingerprint density at radius 2 is 1.81 bits per heavy atom. The summed E-state index contributed by atoms with van der Waals surface area (Å²) in [6, 6.07) is 8.13. The van der Waals surface area contributed by atoms with E-state index in [-0.39, 0.29) is 0 Å². The second-order valence-electron chi connectivity index (χ2n) is 5.20. The molecule has 0 saturated carbocycles. The number of aromatic nitrogens is 3. The number of ether oxygens (including phenoxy) is 2. The highest BCUT2D eigenvalue weighted by molar-refractivity contribution is 5.69. The van der Waals surface area contributed by atoms with Gasteiger partial charge in [0.05, 0.1) is 0 Å². The van der Waals surface area contributed by atoms with Gasteiger partial charge in [0.15, 0.2) is 17.1 Å². The van der Waals surface area contributed by atoms with E-state index in [1.54, 1.807) is 0 Å². The molecular weight excluding hydrogens is 266 g/mol. The van der Waals surface area contributed by atoms with Crippen molar-refractivity contribution in [3.8, 4) is 22.6 Å². The van der Waals surface area contributed by atoms with Crippen LogP contribution in [-0.2, 0) is 0 Å². The Balaban J connectivity index is 1.86. The first kappa shape index (κ1) is 12.2. The molecule has 0 unspecified atom stereocenters. The molecule has 3 heterocycles. The third-order valence-electron chi connectivity index (χ3n) is 3.60. The molecule has 5 heteroatoms. The molecule has 1 aromatic carbocycles. The summed E-state index contributed by atoms with van der Waals surface area (Å²) < 4.78 is 13.0. The zero-order valence-electron chi connectivity index (χ0n) is 12.0. The molecule has 21 heavy (non-hydrogen) atoms. The molecule has 4 rings (SSSR count). The number of fused-ring (bicyclic) bond motifs is 2. The Bertz CT molecular complexity index is 839.